The van der Waals surface area contributed by atoms with Gasteiger partial charge in [0.05, 0.1) is 11.6 Å². The number of likely N-dealkylation sites (tertiary alicyclic amines) is 1. The summed E-state index contributed by atoms with van der Waals surface area (Å²) in [6, 6.07) is 12.3. The predicted octanol–water partition coefficient (Wildman–Crippen LogP) is 4.15. The Hall–Kier alpha value is -2.64. The number of amides is 1. The lowest BCUT2D eigenvalue weighted by molar-refractivity contribution is -0.139. The zero-order valence-electron chi connectivity index (χ0n) is 18.5. The number of ether oxygens (including phenoxy) is 1. The summed E-state index contributed by atoms with van der Waals surface area (Å²) in [7, 11) is 3.94. The quantitative estimate of drug-likeness (QED) is 0.368. The first-order valence-electron chi connectivity index (χ1n) is 10.7. The van der Waals surface area contributed by atoms with E-state index >= 15 is 0 Å². The molecule has 2 aromatic carbocycles. The number of ketones is 1. The van der Waals surface area contributed by atoms with E-state index in [0.717, 1.165) is 40.7 Å². The van der Waals surface area contributed by atoms with Crippen LogP contribution in [0.1, 0.15) is 36.1 Å². The van der Waals surface area contributed by atoms with Crippen molar-refractivity contribution in [2.45, 2.75) is 31.9 Å². The number of halogens is 1. The number of aliphatic hydroxyl groups excluding tert-OH is 1. The summed E-state index contributed by atoms with van der Waals surface area (Å²) in [5, 5.41) is 11.2. The molecule has 7 heteroatoms. The Morgan fingerprint density at radius 3 is 2.59 bits per heavy atom. The van der Waals surface area contributed by atoms with Gasteiger partial charge in [-0.15, -0.1) is 0 Å². The molecule has 0 aliphatic carbocycles. The molecule has 32 heavy (non-hydrogen) atoms. The number of hydrogen-bond donors (Lipinski definition) is 1. The Morgan fingerprint density at radius 2 is 1.91 bits per heavy atom. The molecule has 0 spiro atoms. The van der Waals surface area contributed by atoms with Gasteiger partial charge in [-0.1, -0.05) is 28.1 Å². The highest BCUT2D eigenvalue weighted by Crippen LogP contribution is 2.40. The summed E-state index contributed by atoms with van der Waals surface area (Å²) < 4.78 is 6.65. The number of benzene rings is 2. The predicted molar refractivity (Wildman–Crippen MR) is 127 cm³/mol. The van der Waals surface area contributed by atoms with E-state index in [1.807, 2.05) is 62.3 Å². The minimum Gasteiger partial charge on any atom is -0.507 e. The summed E-state index contributed by atoms with van der Waals surface area (Å²) in [5.74, 6) is -0.571. The van der Waals surface area contributed by atoms with Gasteiger partial charge in [-0.05, 0) is 75.4 Å². The molecule has 1 N–H and O–H groups in total. The van der Waals surface area contributed by atoms with Crippen LogP contribution in [-0.2, 0) is 16.0 Å². The smallest absolute Gasteiger partial charge is 0.295 e. The normalized spacial score (nSPS) is 21.8. The highest BCUT2D eigenvalue weighted by molar-refractivity contribution is 9.10. The molecule has 2 atom stereocenters. The summed E-state index contributed by atoms with van der Waals surface area (Å²) >= 11 is 3.44. The molecule has 168 valence electrons. The molecular formula is C25H27BrN2O4. The molecule has 0 radical (unpaired) electrons. The molecule has 2 aromatic rings. The van der Waals surface area contributed by atoms with Crippen molar-refractivity contribution in [3.05, 3.63) is 69.2 Å². The first kappa shape index (κ1) is 22.6. The first-order valence-corrected chi connectivity index (χ1v) is 11.5. The second kappa shape index (κ2) is 9.08. The van der Waals surface area contributed by atoms with Crippen molar-refractivity contribution in [1.82, 2.24) is 9.80 Å². The van der Waals surface area contributed by atoms with Gasteiger partial charge in [-0.3, -0.25) is 9.59 Å². The molecular weight excluding hydrogens is 472 g/mol. The number of hydrogen-bond acceptors (Lipinski definition) is 5. The van der Waals surface area contributed by atoms with Crippen molar-refractivity contribution in [3.63, 3.8) is 0 Å². The van der Waals surface area contributed by atoms with Crippen LogP contribution < -0.4 is 4.74 Å². The van der Waals surface area contributed by atoms with Crippen molar-refractivity contribution >= 4 is 33.4 Å². The minimum absolute atomic E-state index is 0.0763. The molecule has 0 bridgehead atoms. The fourth-order valence-corrected chi connectivity index (χ4v) is 4.65. The van der Waals surface area contributed by atoms with E-state index in [-0.39, 0.29) is 17.4 Å². The van der Waals surface area contributed by atoms with Crippen LogP contribution in [0.3, 0.4) is 0 Å². The van der Waals surface area contributed by atoms with Crippen molar-refractivity contribution in [1.29, 1.82) is 0 Å². The zero-order chi connectivity index (χ0) is 23.0. The van der Waals surface area contributed by atoms with Crippen LogP contribution >= 0.6 is 15.9 Å². The van der Waals surface area contributed by atoms with Gasteiger partial charge in [-0.25, -0.2) is 0 Å². The third-order valence-electron chi connectivity index (χ3n) is 5.90. The number of rotatable bonds is 6. The first-order chi connectivity index (χ1) is 15.3. The Bertz CT molecular complexity index is 1080. The average molecular weight is 499 g/mol. The molecule has 1 saturated heterocycles. The third kappa shape index (κ3) is 4.32. The van der Waals surface area contributed by atoms with E-state index in [1.165, 1.54) is 0 Å². The topological polar surface area (TPSA) is 70.1 Å². The van der Waals surface area contributed by atoms with Crippen molar-refractivity contribution in [3.8, 4) is 5.75 Å². The fraction of sp³-hybridized carbons (Fsp3) is 0.360. The molecule has 4 rings (SSSR count). The van der Waals surface area contributed by atoms with Crippen LogP contribution in [0.25, 0.3) is 5.76 Å². The van der Waals surface area contributed by atoms with Gasteiger partial charge in [0.25, 0.3) is 11.7 Å². The molecule has 2 aliphatic heterocycles. The average Bonchev–Trinajstić information content (AvgIpc) is 3.24. The molecule has 1 amide bonds. The summed E-state index contributed by atoms with van der Waals surface area (Å²) in [4.78, 5) is 29.7. The molecule has 1 fully saturated rings. The highest BCUT2D eigenvalue weighted by Gasteiger charge is 2.45. The van der Waals surface area contributed by atoms with E-state index in [4.69, 9.17) is 4.74 Å². The van der Waals surface area contributed by atoms with Crippen LogP contribution in [0.2, 0.25) is 0 Å². The molecule has 2 aliphatic rings. The second-order valence-electron chi connectivity index (χ2n) is 8.66. The van der Waals surface area contributed by atoms with Gasteiger partial charge >= 0.3 is 0 Å². The van der Waals surface area contributed by atoms with Crippen molar-refractivity contribution in [2.24, 2.45) is 0 Å². The maximum absolute atomic E-state index is 13.1. The van der Waals surface area contributed by atoms with Gasteiger partial charge in [0.15, 0.2) is 0 Å². The van der Waals surface area contributed by atoms with E-state index < -0.39 is 17.7 Å². The molecule has 6 nitrogen and oxygen atoms in total. The van der Waals surface area contributed by atoms with Crippen LogP contribution in [0.4, 0.5) is 0 Å². The maximum atomic E-state index is 13.1. The van der Waals surface area contributed by atoms with Gasteiger partial charge < -0.3 is 19.6 Å². The van der Waals surface area contributed by atoms with E-state index in [2.05, 4.69) is 15.9 Å². The number of carbonyl (C=O) groups is 2. The highest BCUT2D eigenvalue weighted by atomic mass is 79.9. The summed E-state index contributed by atoms with van der Waals surface area (Å²) in [6.07, 6.45) is 1.54. The molecule has 0 saturated carbocycles. The number of Topliss-reactive ketones (excluding diaryl/α,β-unsaturated/α-hetero) is 1. The monoisotopic (exact) mass is 498 g/mol. The maximum Gasteiger partial charge on any atom is 0.295 e. The van der Waals surface area contributed by atoms with Crippen molar-refractivity contribution < 1.29 is 19.4 Å². The van der Waals surface area contributed by atoms with Gasteiger partial charge in [0.2, 0.25) is 0 Å². The molecule has 2 heterocycles. The number of nitrogens with zero attached hydrogens (tertiary/aromatic N) is 2. The Morgan fingerprint density at radius 1 is 1.19 bits per heavy atom. The molecule has 0 aromatic heterocycles. The molecule has 2 unspecified atom stereocenters. The van der Waals surface area contributed by atoms with Gasteiger partial charge in [0.1, 0.15) is 17.6 Å². The number of carbonyl (C=O) groups excluding carboxylic acids is 2. The lowest BCUT2D eigenvalue weighted by atomic mass is 9.94. The minimum atomic E-state index is -0.648. The number of aliphatic hydroxyl groups is 1. The summed E-state index contributed by atoms with van der Waals surface area (Å²) in [5.41, 5.74) is 2.43. The fourth-order valence-electron chi connectivity index (χ4n) is 4.38. The Kier molecular flexibility index (Phi) is 6.40. The lowest BCUT2D eigenvalue weighted by Gasteiger charge is -2.26. The SMILES string of the molecule is CC1Cc2cc(C(O)=C3C(=O)C(=O)N(CCCN(C)C)C3c3ccc(Br)cc3)ccc2O1. The largest absolute Gasteiger partial charge is 0.507 e. The third-order valence-corrected chi connectivity index (χ3v) is 6.43. The second-order valence-corrected chi connectivity index (χ2v) is 9.57. The van der Waals surface area contributed by atoms with Crippen LogP contribution in [0.15, 0.2) is 52.5 Å². The Balaban J connectivity index is 1.77. The van der Waals surface area contributed by atoms with E-state index in [1.54, 1.807) is 11.0 Å². The lowest BCUT2D eigenvalue weighted by Crippen LogP contribution is -2.32. The number of fused-ring (bicyclic) bond motifs is 1. The Labute approximate surface area is 196 Å². The van der Waals surface area contributed by atoms with Crippen molar-refractivity contribution in [2.75, 3.05) is 27.2 Å². The van der Waals surface area contributed by atoms with Gasteiger partial charge in [0, 0.05) is 23.0 Å². The summed E-state index contributed by atoms with van der Waals surface area (Å²) in [6.45, 7) is 3.21. The van der Waals surface area contributed by atoms with Crippen LogP contribution in [0, 0.1) is 0 Å². The van der Waals surface area contributed by atoms with Gasteiger partial charge in [-0.2, -0.15) is 0 Å². The standard InChI is InChI=1S/C25H27BrN2O4/c1-15-13-18-14-17(7-10-20(18)32-15)23(29)21-22(16-5-8-19(26)9-6-16)28(25(31)24(21)30)12-4-11-27(2)3/h5-10,14-15,22,29H,4,11-13H2,1-3H3. The van der Waals surface area contributed by atoms with Crippen LogP contribution in [-0.4, -0.2) is 59.9 Å². The zero-order valence-corrected chi connectivity index (χ0v) is 20.1. The van der Waals surface area contributed by atoms with E-state index in [0.29, 0.717) is 12.1 Å². The van der Waals surface area contributed by atoms with E-state index in [9.17, 15) is 14.7 Å². The van der Waals surface area contributed by atoms with Crippen LogP contribution in [0.5, 0.6) is 5.75 Å².